The fraction of sp³-hybridized carbons (Fsp3) is 0.161. The molecular formula is C31H29N3O6S2. The number of sulfone groups is 1. The van der Waals surface area contributed by atoms with Crippen LogP contribution >= 0.6 is 0 Å². The molecular weight excluding hydrogens is 574 g/mol. The molecule has 42 heavy (non-hydrogen) atoms. The van der Waals surface area contributed by atoms with E-state index in [9.17, 15) is 26.9 Å². The molecule has 0 aliphatic carbocycles. The van der Waals surface area contributed by atoms with E-state index in [0.717, 1.165) is 6.26 Å². The van der Waals surface area contributed by atoms with Gasteiger partial charge in [-0.3, -0.25) is 4.79 Å². The molecule has 0 saturated carbocycles. The Morgan fingerprint density at radius 2 is 1.55 bits per heavy atom. The summed E-state index contributed by atoms with van der Waals surface area (Å²) in [6, 6.07) is 25.5. The maximum atomic E-state index is 13.2. The van der Waals surface area contributed by atoms with Crippen LogP contribution in [-0.4, -0.2) is 34.5 Å². The first-order valence-corrected chi connectivity index (χ1v) is 16.1. The first-order valence-electron chi connectivity index (χ1n) is 12.7. The maximum Gasteiger partial charge on any atom is 0.255 e. The number of hydrogen-bond donors (Lipinski definition) is 2. The largest absolute Gasteiger partial charge is 0.455 e. The fourth-order valence-corrected chi connectivity index (χ4v) is 6.37. The summed E-state index contributed by atoms with van der Waals surface area (Å²) in [5.41, 5.74) is 1.10. The molecule has 0 aromatic heterocycles. The number of ether oxygens (including phenoxy) is 1. The average Bonchev–Trinajstić information content (AvgIpc) is 2.92. The van der Waals surface area contributed by atoms with Crippen LogP contribution in [0, 0.1) is 11.3 Å². The molecule has 216 valence electrons. The van der Waals surface area contributed by atoms with Crippen molar-refractivity contribution in [1.29, 1.82) is 5.26 Å². The molecule has 11 heteroatoms. The van der Waals surface area contributed by atoms with Crippen molar-refractivity contribution in [3.63, 3.8) is 0 Å². The van der Waals surface area contributed by atoms with Crippen LogP contribution in [0.3, 0.4) is 0 Å². The number of anilines is 1. The third kappa shape index (κ3) is 7.41. The second kappa shape index (κ2) is 11.8. The summed E-state index contributed by atoms with van der Waals surface area (Å²) in [6.07, 6.45) is 1.05. The Morgan fingerprint density at radius 3 is 2.19 bits per heavy atom. The second-order valence-corrected chi connectivity index (χ2v) is 14.2. The molecule has 1 amide bonds. The molecule has 0 aliphatic heterocycles. The summed E-state index contributed by atoms with van der Waals surface area (Å²) < 4.78 is 59.1. The van der Waals surface area contributed by atoms with E-state index >= 15 is 0 Å². The summed E-state index contributed by atoms with van der Waals surface area (Å²) in [7, 11) is -7.42. The highest BCUT2D eigenvalue weighted by molar-refractivity contribution is 7.90. The van der Waals surface area contributed by atoms with Gasteiger partial charge in [0.1, 0.15) is 5.75 Å². The van der Waals surface area contributed by atoms with Crippen molar-refractivity contribution < 1.29 is 26.4 Å². The van der Waals surface area contributed by atoms with Gasteiger partial charge in [-0.1, -0.05) is 36.4 Å². The third-order valence-electron chi connectivity index (χ3n) is 5.89. The first-order chi connectivity index (χ1) is 19.7. The second-order valence-electron chi connectivity index (χ2n) is 10.6. The summed E-state index contributed by atoms with van der Waals surface area (Å²) in [6.45, 7) is 5.27. The van der Waals surface area contributed by atoms with Crippen LogP contribution < -0.4 is 14.8 Å². The molecule has 2 N–H and O–H groups in total. The molecule has 4 aromatic rings. The lowest BCUT2D eigenvalue weighted by molar-refractivity contribution is 0.102. The molecule has 0 bridgehead atoms. The minimum absolute atomic E-state index is 0.0204. The van der Waals surface area contributed by atoms with Gasteiger partial charge < -0.3 is 10.1 Å². The first kappa shape index (κ1) is 30.5. The average molecular weight is 604 g/mol. The topological polar surface area (TPSA) is 142 Å². The summed E-state index contributed by atoms with van der Waals surface area (Å²) in [5, 5.41) is 11.9. The van der Waals surface area contributed by atoms with Gasteiger partial charge in [-0.05, 0) is 80.9 Å². The van der Waals surface area contributed by atoms with Crippen molar-refractivity contribution in [3.05, 3.63) is 102 Å². The molecule has 9 nitrogen and oxygen atoms in total. The maximum absolute atomic E-state index is 13.2. The van der Waals surface area contributed by atoms with Crippen molar-refractivity contribution in [2.45, 2.75) is 36.1 Å². The zero-order chi connectivity index (χ0) is 30.7. The number of benzene rings is 4. The smallest absolute Gasteiger partial charge is 0.255 e. The molecule has 0 atom stereocenters. The van der Waals surface area contributed by atoms with E-state index < -0.39 is 31.3 Å². The van der Waals surface area contributed by atoms with Gasteiger partial charge in [0.15, 0.2) is 15.6 Å². The Hall–Kier alpha value is -4.50. The minimum atomic E-state index is -3.83. The van der Waals surface area contributed by atoms with E-state index in [1.807, 2.05) is 6.07 Å². The van der Waals surface area contributed by atoms with Gasteiger partial charge in [-0.25, -0.2) is 21.6 Å². The predicted octanol–water partition coefficient (Wildman–Crippen LogP) is 5.75. The molecule has 0 fully saturated rings. The van der Waals surface area contributed by atoms with Crippen LogP contribution in [0.5, 0.6) is 11.5 Å². The van der Waals surface area contributed by atoms with Gasteiger partial charge in [0.25, 0.3) is 5.91 Å². The summed E-state index contributed by atoms with van der Waals surface area (Å²) >= 11 is 0. The quantitative estimate of drug-likeness (QED) is 0.261. The number of hydrogen-bond acceptors (Lipinski definition) is 7. The van der Waals surface area contributed by atoms with Crippen molar-refractivity contribution >= 4 is 31.5 Å². The number of nitrogens with one attached hydrogen (secondary N) is 2. The highest BCUT2D eigenvalue weighted by Crippen LogP contribution is 2.33. The van der Waals surface area contributed by atoms with Crippen molar-refractivity contribution in [1.82, 2.24) is 4.72 Å². The van der Waals surface area contributed by atoms with Crippen LogP contribution in [0.25, 0.3) is 11.1 Å². The predicted molar refractivity (Wildman–Crippen MR) is 161 cm³/mol. The lowest BCUT2D eigenvalue weighted by Crippen LogP contribution is -2.40. The highest BCUT2D eigenvalue weighted by Gasteiger charge is 2.25. The third-order valence-corrected chi connectivity index (χ3v) is 8.82. The molecule has 0 saturated heterocycles. The van der Waals surface area contributed by atoms with Gasteiger partial charge in [0, 0.05) is 22.9 Å². The van der Waals surface area contributed by atoms with E-state index in [1.165, 1.54) is 30.3 Å². The Morgan fingerprint density at radius 1 is 0.857 bits per heavy atom. The lowest BCUT2D eigenvalue weighted by Gasteiger charge is -2.21. The van der Waals surface area contributed by atoms with Crippen molar-refractivity contribution in [3.8, 4) is 28.7 Å². The van der Waals surface area contributed by atoms with E-state index in [2.05, 4.69) is 10.0 Å². The Balaban J connectivity index is 1.64. The Labute approximate surface area is 245 Å². The van der Waals surface area contributed by atoms with Gasteiger partial charge >= 0.3 is 0 Å². The van der Waals surface area contributed by atoms with Crippen LogP contribution in [0.15, 0.2) is 101 Å². The van der Waals surface area contributed by atoms with Crippen LogP contribution in [0.1, 0.15) is 36.7 Å². The molecule has 0 spiro atoms. The lowest BCUT2D eigenvalue weighted by atomic mass is 10.0. The minimum Gasteiger partial charge on any atom is -0.455 e. The zero-order valence-corrected chi connectivity index (χ0v) is 25.0. The van der Waals surface area contributed by atoms with Crippen LogP contribution in [0.4, 0.5) is 5.69 Å². The van der Waals surface area contributed by atoms with Gasteiger partial charge in [-0.15, -0.1) is 0 Å². The molecule has 0 radical (unpaired) electrons. The van der Waals surface area contributed by atoms with Gasteiger partial charge in [0.2, 0.25) is 10.0 Å². The summed E-state index contributed by atoms with van der Waals surface area (Å²) in [4.78, 5) is 13.3. The normalized spacial score (nSPS) is 11.9. The van der Waals surface area contributed by atoms with Crippen LogP contribution in [-0.2, 0) is 19.9 Å². The van der Waals surface area contributed by atoms with Crippen LogP contribution in [0.2, 0.25) is 0 Å². The van der Waals surface area contributed by atoms with E-state index in [0.29, 0.717) is 22.4 Å². The summed E-state index contributed by atoms with van der Waals surface area (Å²) in [5.74, 6) is -0.0401. The highest BCUT2D eigenvalue weighted by atomic mass is 32.2. The number of rotatable bonds is 8. The van der Waals surface area contributed by atoms with E-state index in [-0.39, 0.29) is 26.8 Å². The number of carbonyl (C=O) groups is 1. The molecule has 4 rings (SSSR count). The molecule has 4 aromatic carbocycles. The number of nitriles is 1. The molecule has 0 aliphatic rings. The van der Waals surface area contributed by atoms with Gasteiger partial charge in [-0.2, -0.15) is 5.26 Å². The number of sulfonamides is 1. The van der Waals surface area contributed by atoms with Crippen molar-refractivity contribution in [2.24, 2.45) is 0 Å². The SMILES string of the molecule is CC(C)(C)NS(=O)(=O)c1ccccc1-c1ccc(C(=O)Nc2cc(S(C)(=O)=O)ccc2Oc2cccc(C#N)c2)cc1. The fourth-order valence-electron chi connectivity index (χ4n) is 4.08. The zero-order valence-electron chi connectivity index (χ0n) is 23.4. The van der Waals surface area contributed by atoms with Gasteiger partial charge in [0.05, 0.1) is 27.1 Å². The molecule has 0 unspecified atom stereocenters. The van der Waals surface area contributed by atoms with E-state index in [4.69, 9.17) is 4.74 Å². The van der Waals surface area contributed by atoms with E-state index in [1.54, 1.807) is 81.4 Å². The number of carbonyl (C=O) groups excluding carboxylic acids is 1. The standard InChI is InChI=1S/C31H29N3O6S2/c1-31(2,3)34-42(38,39)29-11-6-5-10-26(29)22-12-14-23(15-13-22)30(35)33-27-19-25(41(4,36)37)16-17-28(27)40-24-9-7-8-21(18-24)20-32/h5-19,34H,1-4H3,(H,33,35). The molecule has 0 heterocycles. The van der Waals surface area contributed by atoms with Crippen molar-refractivity contribution in [2.75, 3.05) is 11.6 Å². The Bertz CT molecular complexity index is 1910. The number of nitrogens with zero attached hydrogens (tertiary/aromatic N) is 1. The number of amides is 1. The Kier molecular flexibility index (Phi) is 8.54. The monoisotopic (exact) mass is 603 g/mol.